The van der Waals surface area contributed by atoms with E-state index in [1.807, 2.05) is 13.0 Å². The molecule has 1 aromatic heterocycles. The highest BCUT2D eigenvalue weighted by Crippen LogP contribution is 2.32. The molecule has 0 saturated heterocycles. The first-order chi connectivity index (χ1) is 13.4. The third-order valence-electron chi connectivity index (χ3n) is 4.29. The molecule has 1 N–H and O–H groups in total. The second kappa shape index (κ2) is 7.05. The Labute approximate surface area is 161 Å². The summed E-state index contributed by atoms with van der Waals surface area (Å²) in [5, 5.41) is 2.42. The number of rotatable bonds is 5. The molecule has 2 heterocycles. The summed E-state index contributed by atoms with van der Waals surface area (Å²) in [5.74, 6) is 0.692. The fourth-order valence-electron chi connectivity index (χ4n) is 2.74. The Balaban J connectivity index is 1.46. The quantitative estimate of drug-likeness (QED) is 0.709. The van der Waals surface area contributed by atoms with Crippen LogP contribution in [0.25, 0.3) is 0 Å². The number of sulfone groups is 1. The van der Waals surface area contributed by atoms with Crippen LogP contribution in [0, 0.1) is 6.92 Å². The smallest absolute Gasteiger partial charge is 0.287 e. The largest absolute Gasteiger partial charge is 0.454 e. The third kappa shape index (κ3) is 3.46. The number of fused-ring (bicyclic) bond motifs is 1. The molecule has 3 aromatic rings. The Morgan fingerprint density at radius 2 is 1.75 bits per heavy atom. The fraction of sp³-hybridized carbons (Fsp3) is 0.150. The molecule has 0 aliphatic carbocycles. The number of ether oxygens (including phenoxy) is 2. The number of furan rings is 1. The van der Waals surface area contributed by atoms with E-state index >= 15 is 0 Å². The number of amides is 1. The van der Waals surface area contributed by atoms with Crippen molar-refractivity contribution in [3.63, 3.8) is 0 Å². The second-order valence-corrected chi connectivity index (χ2v) is 8.19. The molecule has 0 atom stereocenters. The summed E-state index contributed by atoms with van der Waals surface area (Å²) < 4.78 is 41.1. The van der Waals surface area contributed by atoms with E-state index in [9.17, 15) is 13.2 Å². The molecule has 144 valence electrons. The van der Waals surface area contributed by atoms with E-state index in [4.69, 9.17) is 13.9 Å². The summed E-state index contributed by atoms with van der Waals surface area (Å²) in [7, 11) is -3.82. The van der Waals surface area contributed by atoms with Gasteiger partial charge in [-0.05, 0) is 48.9 Å². The Morgan fingerprint density at radius 1 is 1.00 bits per heavy atom. The van der Waals surface area contributed by atoms with Crippen molar-refractivity contribution < 1.29 is 27.1 Å². The van der Waals surface area contributed by atoms with E-state index in [0.29, 0.717) is 11.5 Å². The predicted octanol–water partition coefficient (Wildman–Crippen LogP) is 3.08. The maximum Gasteiger partial charge on any atom is 0.287 e. The molecular formula is C20H17NO6S. The first kappa shape index (κ1) is 18.1. The molecule has 0 bridgehead atoms. The minimum Gasteiger partial charge on any atom is -0.454 e. The monoisotopic (exact) mass is 399 g/mol. The van der Waals surface area contributed by atoms with Crippen molar-refractivity contribution in [2.45, 2.75) is 23.5 Å². The zero-order valence-electron chi connectivity index (χ0n) is 15.0. The van der Waals surface area contributed by atoms with E-state index in [-0.39, 0.29) is 29.1 Å². The molecule has 0 radical (unpaired) electrons. The van der Waals surface area contributed by atoms with Gasteiger partial charge < -0.3 is 19.2 Å². The van der Waals surface area contributed by atoms with Gasteiger partial charge in [0, 0.05) is 6.54 Å². The second-order valence-electron chi connectivity index (χ2n) is 6.31. The van der Waals surface area contributed by atoms with E-state index in [1.165, 1.54) is 24.3 Å². The van der Waals surface area contributed by atoms with Crippen molar-refractivity contribution >= 4 is 15.7 Å². The van der Waals surface area contributed by atoms with Crippen molar-refractivity contribution in [1.82, 2.24) is 5.32 Å². The Hall–Kier alpha value is -3.26. The molecule has 0 saturated carbocycles. The fourth-order valence-corrected chi connectivity index (χ4v) is 3.91. The van der Waals surface area contributed by atoms with Crippen LogP contribution in [0.2, 0.25) is 0 Å². The van der Waals surface area contributed by atoms with Crippen molar-refractivity contribution in [3.05, 3.63) is 71.5 Å². The minimum absolute atomic E-state index is 0.0774. The van der Waals surface area contributed by atoms with Crippen LogP contribution in [-0.4, -0.2) is 21.1 Å². The van der Waals surface area contributed by atoms with Gasteiger partial charge in [0.1, 0.15) is 0 Å². The van der Waals surface area contributed by atoms with Crippen molar-refractivity contribution in [2.24, 2.45) is 0 Å². The van der Waals surface area contributed by atoms with Gasteiger partial charge in [0.15, 0.2) is 17.3 Å². The number of benzene rings is 2. The lowest BCUT2D eigenvalue weighted by atomic mass is 10.2. The minimum atomic E-state index is -3.82. The maximum atomic E-state index is 12.6. The molecule has 2 aromatic carbocycles. The average Bonchev–Trinajstić information content (AvgIpc) is 3.36. The normalized spacial score (nSPS) is 12.8. The molecule has 0 spiro atoms. The topological polar surface area (TPSA) is 94.8 Å². The van der Waals surface area contributed by atoms with Crippen LogP contribution in [-0.2, 0) is 16.4 Å². The van der Waals surface area contributed by atoms with E-state index in [1.54, 1.807) is 24.3 Å². The first-order valence-corrected chi connectivity index (χ1v) is 10.00. The lowest BCUT2D eigenvalue weighted by molar-refractivity contribution is 0.0917. The van der Waals surface area contributed by atoms with Gasteiger partial charge in [-0.3, -0.25) is 4.79 Å². The van der Waals surface area contributed by atoms with Crippen LogP contribution in [0.5, 0.6) is 11.5 Å². The van der Waals surface area contributed by atoms with Gasteiger partial charge in [0.05, 0.1) is 4.90 Å². The number of hydrogen-bond donors (Lipinski definition) is 1. The Kier molecular flexibility index (Phi) is 4.56. The molecule has 1 aliphatic heterocycles. The number of carbonyl (C=O) groups is 1. The lowest BCUT2D eigenvalue weighted by Gasteiger charge is -2.05. The number of aryl methyl sites for hydroxylation is 1. The van der Waals surface area contributed by atoms with Crippen molar-refractivity contribution in [2.75, 3.05) is 6.79 Å². The zero-order valence-corrected chi connectivity index (χ0v) is 15.8. The SMILES string of the molecule is Cc1ccc(S(=O)(=O)c2ccc(C(=O)NCc3ccc4c(c3)OCO4)o2)cc1. The maximum absolute atomic E-state index is 12.6. The van der Waals surface area contributed by atoms with Gasteiger partial charge in [0.2, 0.25) is 21.7 Å². The van der Waals surface area contributed by atoms with Crippen LogP contribution < -0.4 is 14.8 Å². The van der Waals surface area contributed by atoms with Crippen LogP contribution in [0.1, 0.15) is 21.7 Å². The molecule has 7 nitrogen and oxygen atoms in total. The zero-order chi connectivity index (χ0) is 19.7. The molecular weight excluding hydrogens is 382 g/mol. The lowest BCUT2D eigenvalue weighted by Crippen LogP contribution is -2.22. The van der Waals surface area contributed by atoms with Gasteiger partial charge in [-0.2, -0.15) is 0 Å². The predicted molar refractivity (Wildman–Crippen MR) is 99.1 cm³/mol. The highest BCUT2D eigenvalue weighted by molar-refractivity contribution is 7.91. The molecule has 0 fully saturated rings. The molecule has 8 heteroatoms. The van der Waals surface area contributed by atoms with Gasteiger partial charge >= 0.3 is 0 Å². The summed E-state index contributed by atoms with van der Waals surface area (Å²) in [5.41, 5.74) is 1.76. The van der Waals surface area contributed by atoms with Gasteiger partial charge in [-0.25, -0.2) is 8.42 Å². The van der Waals surface area contributed by atoms with Crippen LogP contribution >= 0.6 is 0 Å². The van der Waals surface area contributed by atoms with E-state index in [0.717, 1.165) is 11.1 Å². The van der Waals surface area contributed by atoms with Crippen LogP contribution in [0.4, 0.5) is 0 Å². The Morgan fingerprint density at radius 3 is 2.54 bits per heavy atom. The Bertz CT molecular complexity index is 1130. The average molecular weight is 399 g/mol. The van der Waals surface area contributed by atoms with E-state index in [2.05, 4.69) is 5.32 Å². The summed E-state index contributed by atoms with van der Waals surface area (Å²) in [6, 6.07) is 14.4. The molecule has 28 heavy (non-hydrogen) atoms. The van der Waals surface area contributed by atoms with Gasteiger partial charge in [-0.1, -0.05) is 23.8 Å². The number of nitrogens with one attached hydrogen (secondary N) is 1. The van der Waals surface area contributed by atoms with Crippen molar-refractivity contribution in [3.8, 4) is 11.5 Å². The third-order valence-corrected chi connectivity index (χ3v) is 5.93. The molecule has 1 amide bonds. The summed E-state index contributed by atoms with van der Waals surface area (Å²) in [6.45, 7) is 2.28. The number of carbonyl (C=O) groups excluding carboxylic acids is 1. The van der Waals surface area contributed by atoms with Gasteiger partial charge in [0.25, 0.3) is 5.91 Å². The van der Waals surface area contributed by atoms with Crippen LogP contribution in [0.3, 0.4) is 0 Å². The summed E-state index contributed by atoms with van der Waals surface area (Å²) >= 11 is 0. The number of hydrogen-bond acceptors (Lipinski definition) is 6. The van der Waals surface area contributed by atoms with Crippen molar-refractivity contribution in [1.29, 1.82) is 0 Å². The molecule has 4 rings (SSSR count). The summed E-state index contributed by atoms with van der Waals surface area (Å²) in [4.78, 5) is 12.4. The van der Waals surface area contributed by atoms with Crippen LogP contribution in [0.15, 0.2) is 69.0 Å². The summed E-state index contributed by atoms with van der Waals surface area (Å²) in [6.07, 6.45) is 0. The highest BCUT2D eigenvalue weighted by Gasteiger charge is 2.23. The van der Waals surface area contributed by atoms with E-state index < -0.39 is 15.7 Å². The molecule has 0 unspecified atom stereocenters. The van der Waals surface area contributed by atoms with Gasteiger partial charge in [-0.15, -0.1) is 0 Å². The standard InChI is InChI=1S/C20H17NO6S/c1-13-2-5-15(6-3-13)28(23,24)19-9-8-17(27-19)20(22)21-11-14-4-7-16-18(10-14)26-12-25-16/h2-10H,11-12H2,1H3,(H,21,22). The first-order valence-electron chi connectivity index (χ1n) is 8.52. The highest BCUT2D eigenvalue weighted by atomic mass is 32.2. The molecule has 1 aliphatic rings.